The molecular formula is C34H67O5. The Labute approximate surface area is 243 Å². The third-order valence-corrected chi connectivity index (χ3v) is 7.53. The summed E-state index contributed by atoms with van der Waals surface area (Å²) in [4.78, 5) is 12.4. The number of ether oxygens (including phenoxy) is 3. The van der Waals surface area contributed by atoms with Gasteiger partial charge in [-0.2, -0.15) is 0 Å². The van der Waals surface area contributed by atoms with Crippen LogP contribution < -0.4 is 0 Å². The van der Waals surface area contributed by atoms with Gasteiger partial charge in [0.05, 0.1) is 13.0 Å². The quantitative estimate of drug-likeness (QED) is 0.0508. The fourth-order valence-electron chi connectivity index (χ4n) is 4.82. The number of unbranched alkanes of at least 4 members (excludes halogenated alkanes) is 18. The predicted molar refractivity (Wildman–Crippen MR) is 165 cm³/mol. The molecule has 233 valence electrons. The number of rotatable bonds is 32. The van der Waals surface area contributed by atoms with E-state index in [9.17, 15) is 9.90 Å². The van der Waals surface area contributed by atoms with Crippen molar-refractivity contribution in [2.24, 2.45) is 5.92 Å². The molecule has 0 aliphatic heterocycles. The van der Waals surface area contributed by atoms with Crippen molar-refractivity contribution in [1.29, 1.82) is 0 Å². The molecule has 1 unspecified atom stereocenters. The summed E-state index contributed by atoms with van der Waals surface area (Å²) in [5.41, 5.74) is 0. The average Bonchev–Trinajstić information content (AvgIpc) is 2.95. The fraction of sp³-hybridized carbons (Fsp3) is 0.941. The van der Waals surface area contributed by atoms with Crippen molar-refractivity contribution in [3.05, 3.63) is 6.42 Å². The molecule has 5 nitrogen and oxygen atoms in total. The van der Waals surface area contributed by atoms with Gasteiger partial charge in [0.1, 0.15) is 0 Å². The second-order valence-electron chi connectivity index (χ2n) is 11.4. The van der Waals surface area contributed by atoms with E-state index in [4.69, 9.17) is 14.2 Å². The van der Waals surface area contributed by atoms with E-state index in [0.717, 1.165) is 25.7 Å². The van der Waals surface area contributed by atoms with E-state index < -0.39 is 0 Å². The van der Waals surface area contributed by atoms with Gasteiger partial charge < -0.3 is 19.3 Å². The van der Waals surface area contributed by atoms with Gasteiger partial charge in [0.15, 0.2) is 6.29 Å². The minimum atomic E-state index is -0.336. The molecule has 0 aromatic carbocycles. The lowest BCUT2D eigenvalue weighted by atomic mass is 10.0. The van der Waals surface area contributed by atoms with Crippen molar-refractivity contribution in [2.75, 3.05) is 26.4 Å². The molecule has 5 heteroatoms. The number of carbonyl (C=O) groups excluding carboxylic acids is 1. The average molecular weight is 556 g/mol. The van der Waals surface area contributed by atoms with Crippen molar-refractivity contribution >= 4 is 5.97 Å². The molecule has 1 N–H and O–H groups in total. The number of carbonyl (C=O) groups is 1. The maximum atomic E-state index is 12.4. The zero-order valence-electron chi connectivity index (χ0n) is 26.4. The first kappa shape index (κ1) is 38.4. The van der Waals surface area contributed by atoms with E-state index in [1.54, 1.807) is 0 Å². The molecule has 0 bridgehead atoms. The van der Waals surface area contributed by atoms with Crippen molar-refractivity contribution in [3.63, 3.8) is 0 Å². The minimum absolute atomic E-state index is 0.0396. The van der Waals surface area contributed by atoms with E-state index >= 15 is 0 Å². The third-order valence-electron chi connectivity index (χ3n) is 7.53. The van der Waals surface area contributed by atoms with Crippen LogP contribution in [0.1, 0.15) is 168 Å². The number of aliphatic hydroxyl groups excluding tert-OH is 1. The summed E-state index contributed by atoms with van der Waals surface area (Å²) < 4.78 is 17.6. The topological polar surface area (TPSA) is 65.0 Å². The van der Waals surface area contributed by atoms with Crippen LogP contribution in [-0.2, 0) is 19.0 Å². The minimum Gasteiger partial charge on any atom is -0.465 e. The van der Waals surface area contributed by atoms with Crippen LogP contribution in [0.4, 0.5) is 0 Å². The Morgan fingerprint density at radius 1 is 0.667 bits per heavy atom. The van der Waals surface area contributed by atoms with E-state index in [0.29, 0.717) is 32.7 Å². The molecular weight excluding hydrogens is 488 g/mol. The van der Waals surface area contributed by atoms with Gasteiger partial charge in [-0.3, -0.25) is 4.79 Å². The molecule has 0 aliphatic rings. The molecule has 0 aliphatic carbocycles. The molecule has 0 aromatic rings. The largest absolute Gasteiger partial charge is 0.465 e. The van der Waals surface area contributed by atoms with Crippen LogP contribution in [0.25, 0.3) is 0 Å². The van der Waals surface area contributed by atoms with Crippen LogP contribution in [0.5, 0.6) is 0 Å². The van der Waals surface area contributed by atoms with E-state index in [1.807, 2.05) is 0 Å². The van der Waals surface area contributed by atoms with Gasteiger partial charge in [-0.15, -0.1) is 0 Å². The molecule has 0 rings (SSSR count). The first-order chi connectivity index (χ1) is 19.2. The van der Waals surface area contributed by atoms with Gasteiger partial charge in [-0.05, 0) is 25.7 Å². The lowest BCUT2D eigenvalue weighted by Crippen LogP contribution is -2.22. The molecule has 0 saturated heterocycles. The maximum absolute atomic E-state index is 12.4. The standard InChI is InChI=1S/C34H67O5/c1-4-7-10-13-16-17-18-19-22-25-32(30-35)31-39-33(36)26-27-34(37-28-23-20-14-11-8-5-2)38-29-24-21-15-12-9-6-3/h4,32,34-35H,5-31H2,1-3H3. The highest BCUT2D eigenvalue weighted by atomic mass is 16.7. The molecule has 0 saturated carbocycles. The van der Waals surface area contributed by atoms with Gasteiger partial charge in [-0.25, -0.2) is 0 Å². The van der Waals surface area contributed by atoms with Gasteiger partial charge in [0.25, 0.3) is 0 Å². The van der Waals surface area contributed by atoms with Crippen LogP contribution in [0.15, 0.2) is 0 Å². The lowest BCUT2D eigenvalue weighted by molar-refractivity contribution is -0.160. The Balaban J connectivity index is 4.14. The molecule has 0 aromatic heterocycles. The molecule has 1 atom stereocenters. The highest BCUT2D eigenvalue weighted by Crippen LogP contribution is 2.15. The van der Waals surface area contributed by atoms with Gasteiger partial charge in [0.2, 0.25) is 0 Å². The van der Waals surface area contributed by atoms with Crippen LogP contribution in [-0.4, -0.2) is 43.8 Å². The summed E-state index contributed by atoms with van der Waals surface area (Å²) in [5, 5.41) is 9.72. The summed E-state index contributed by atoms with van der Waals surface area (Å²) in [6.07, 6.45) is 28.4. The maximum Gasteiger partial charge on any atom is 0.305 e. The second-order valence-corrected chi connectivity index (χ2v) is 11.4. The molecule has 0 fully saturated rings. The number of esters is 1. The summed E-state index contributed by atoms with van der Waals surface area (Å²) in [5.74, 6) is -0.174. The first-order valence-corrected chi connectivity index (χ1v) is 16.9. The zero-order valence-corrected chi connectivity index (χ0v) is 26.4. The molecule has 0 amide bonds. The zero-order chi connectivity index (χ0) is 28.7. The number of hydrogen-bond acceptors (Lipinski definition) is 5. The highest BCUT2D eigenvalue weighted by molar-refractivity contribution is 5.69. The SMILES string of the molecule is C[CH]CCCCCCCCCC(CO)COC(=O)CCC(OCCCCCCCC)OCCCCCCCC. The van der Waals surface area contributed by atoms with Gasteiger partial charge >= 0.3 is 5.97 Å². The molecule has 1 radical (unpaired) electrons. The summed E-state index contributed by atoms with van der Waals surface area (Å²) in [6.45, 7) is 8.36. The monoisotopic (exact) mass is 555 g/mol. The van der Waals surface area contributed by atoms with E-state index in [1.165, 1.54) is 109 Å². The third kappa shape index (κ3) is 28.7. The smallest absolute Gasteiger partial charge is 0.305 e. The molecule has 0 heterocycles. The van der Waals surface area contributed by atoms with Crippen LogP contribution in [0, 0.1) is 12.3 Å². The Kier molecular flexibility index (Phi) is 31.3. The normalized spacial score (nSPS) is 12.3. The second kappa shape index (κ2) is 31.9. The summed E-state index contributed by atoms with van der Waals surface area (Å²) >= 11 is 0. The highest BCUT2D eigenvalue weighted by Gasteiger charge is 2.15. The molecule has 39 heavy (non-hydrogen) atoms. The number of aliphatic hydroxyl groups is 1. The summed E-state index contributed by atoms with van der Waals surface area (Å²) in [6, 6.07) is 0. The van der Waals surface area contributed by atoms with E-state index in [-0.39, 0.29) is 24.8 Å². The van der Waals surface area contributed by atoms with Crippen molar-refractivity contribution in [3.8, 4) is 0 Å². The predicted octanol–water partition coefficient (Wildman–Crippen LogP) is 9.73. The van der Waals surface area contributed by atoms with Gasteiger partial charge in [0, 0.05) is 32.2 Å². The summed E-state index contributed by atoms with van der Waals surface area (Å²) in [7, 11) is 0. The first-order valence-electron chi connectivity index (χ1n) is 16.9. The van der Waals surface area contributed by atoms with Crippen LogP contribution in [0.2, 0.25) is 0 Å². The Hall–Kier alpha value is -0.650. The van der Waals surface area contributed by atoms with E-state index in [2.05, 4.69) is 27.2 Å². The molecule has 0 spiro atoms. The Morgan fingerprint density at radius 3 is 1.67 bits per heavy atom. The Morgan fingerprint density at radius 2 is 1.15 bits per heavy atom. The lowest BCUT2D eigenvalue weighted by Gasteiger charge is -2.19. The van der Waals surface area contributed by atoms with Crippen molar-refractivity contribution in [1.82, 2.24) is 0 Å². The van der Waals surface area contributed by atoms with Crippen LogP contribution >= 0.6 is 0 Å². The Bertz CT molecular complexity index is 466. The van der Waals surface area contributed by atoms with Crippen LogP contribution in [0.3, 0.4) is 0 Å². The van der Waals surface area contributed by atoms with Crippen molar-refractivity contribution in [2.45, 2.75) is 175 Å². The van der Waals surface area contributed by atoms with Crippen molar-refractivity contribution < 1.29 is 24.1 Å². The number of hydrogen-bond donors (Lipinski definition) is 1. The van der Waals surface area contributed by atoms with Gasteiger partial charge in [-0.1, -0.05) is 136 Å². The fourth-order valence-corrected chi connectivity index (χ4v) is 4.82.